The molecule has 0 saturated heterocycles. The Labute approximate surface area is 136 Å². The first kappa shape index (κ1) is 15.2. The second-order valence-corrected chi connectivity index (χ2v) is 5.49. The van der Waals surface area contributed by atoms with E-state index < -0.39 is 28.7 Å². The Morgan fingerprint density at radius 1 is 1.30 bits per heavy atom. The number of amides is 1. The first-order chi connectivity index (χ1) is 11.0. The van der Waals surface area contributed by atoms with E-state index >= 15 is 0 Å². The fraction of sp³-hybridized carbons (Fsp3) is 0. The second-order valence-electron chi connectivity index (χ2n) is 4.57. The van der Waals surface area contributed by atoms with Crippen molar-refractivity contribution in [2.45, 2.75) is 0 Å². The van der Waals surface area contributed by atoms with Crippen molar-refractivity contribution in [1.29, 1.82) is 0 Å². The Hall–Kier alpha value is -2.74. The van der Waals surface area contributed by atoms with Crippen LogP contribution in [0.25, 0.3) is 11.0 Å². The number of aromatic hydroxyl groups is 1. The maximum absolute atomic E-state index is 13.1. The lowest BCUT2D eigenvalue weighted by Crippen LogP contribution is -2.21. The number of pyridine rings is 1. The highest BCUT2D eigenvalue weighted by atomic mass is 79.9. The Balaban J connectivity index is 2.05. The molecule has 2 aromatic heterocycles. The van der Waals surface area contributed by atoms with E-state index in [1.165, 1.54) is 18.3 Å². The number of carbonyl (C=O) groups is 1. The average molecular weight is 379 g/mol. The largest absolute Gasteiger partial charge is 0.506 e. The van der Waals surface area contributed by atoms with E-state index in [1.807, 2.05) is 0 Å². The van der Waals surface area contributed by atoms with Gasteiger partial charge in [-0.15, -0.1) is 0 Å². The number of halogens is 2. The van der Waals surface area contributed by atoms with Gasteiger partial charge >= 0.3 is 5.63 Å². The van der Waals surface area contributed by atoms with Crippen molar-refractivity contribution in [1.82, 2.24) is 4.98 Å². The minimum Gasteiger partial charge on any atom is -0.506 e. The highest BCUT2D eigenvalue weighted by Gasteiger charge is 2.21. The van der Waals surface area contributed by atoms with Gasteiger partial charge in [-0.2, -0.15) is 0 Å². The topological polar surface area (TPSA) is 92.4 Å². The molecule has 116 valence electrons. The van der Waals surface area contributed by atoms with Crippen molar-refractivity contribution in [2.75, 3.05) is 5.32 Å². The van der Waals surface area contributed by atoms with Crippen LogP contribution in [0, 0.1) is 5.82 Å². The average Bonchev–Trinajstić information content (AvgIpc) is 2.49. The molecule has 6 nitrogen and oxygen atoms in total. The van der Waals surface area contributed by atoms with E-state index in [9.17, 15) is 19.1 Å². The highest BCUT2D eigenvalue weighted by Crippen LogP contribution is 2.27. The quantitative estimate of drug-likeness (QED) is 0.668. The van der Waals surface area contributed by atoms with E-state index in [0.29, 0.717) is 4.47 Å². The van der Waals surface area contributed by atoms with Gasteiger partial charge in [0.1, 0.15) is 23.0 Å². The fourth-order valence-electron chi connectivity index (χ4n) is 1.99. The maximum Gasteiger partial charge on any atom is 0.353 e. The molecule has 0 saturated carbocycles. The number of carbonyl (C=O) groups excluding carboxylic acids is 1. The molecule has 2 heterocycles. The molecule has 0 fully saturated rings. The molecule has 0 aliphatic carbocycles. The SMILES string of the molecule is O=C(Nc1ccc(Br)cn1)c1c(O)c2ccc(F)cc2oc1=O. The predicted molar refractivity (Wildman–Crippen MR) is 84.0 cm³/mol. The number of hydrogen-bond donors (Lipinski definition) is 2. The van der Waals surface area contributed by atoms with Crippen LogP contribution in [0.3, 0.4) is 0 Å². The van der Waals surface area contributed by atoms with Gasteiger partial charge in [0, 0.05) is 16.7 Å². The molecular formula is C15H8BrFN2O4. The third kappa shape index (κ3) is 2.93. The van der Waals surface area contributed by atoms with Crippen LogP contribution in [0.5, 0.6) is 5.75 Å². The van der Waals surface area contributed by atoms with Crippen LogP contribution in [-0.2, 0) is 0 Å². The Kier molecular flexibility index (Phi) is 3.83. The van der Waals surface area contributed by atoms with Gasteiger partial charge in [-0.05, 0) is 40.2 Å². The molecule has 2 N–H and O–H groups in total. The molecule has 0 atom stereocenters. The smallest absolute Gasteiger partial charge is 0.353 e. The lowest BCUT2D eigenvalue weighted by Gasteiger charge is -2.07. The number of hydrogen-bond acceptors (Lipinski definition) is 5. The molecule has 8 heteroatoms. The van der Waals surface area contributed by atoms with Gasteiger partial charge in [0.15, 0.2) is 5.56 Å². The second kappa shape index (κ2) is 5.81. The van der Waals surface area contributed by atoms with E-state index in [2.05, 4.69) is 26.2 Å². The number of aromatic nitrogens is 1. The van der Waals surface area contributed by atoms with Crippen LogP contribution in [0.15, 0.2) is 50.2 Å². The van der Waals surface area contributed by atoms with Crippen molar-refractivity contribution >= 4 is 38.6 Å². The van der Waals surface area contributed by atoms with Crippen molar-refractivity contribution < 1.29 is 18.7 Å². The lowest BCUT2D eigenvalue weighted by molar-refractivity contribution is 0.102. The van der Waals surface area contributed by atoms with E-state index in [1.54, 1.807) is 6.07 Å². The van der Waals surface area contributed by atoms with Crippen LogP contribution in [0.2, 0.25) is 0 Å². The summed E-state index contributed by atoms with van der Waals surface area (Å²) in [7, 11) is 0. The molecule has 1 aromatic carbocycles. The summed E-state index contributed by atoms with van der Waals surface area (Å²) < 4.78 is 18.7. The molecule has 23 heavy (non-hydrogen) atoms. The van der Waals surface area contributed by atoms with E-state index in [4.69, 9.17) is 4.42 Å². The third-order valence-corrected chi connectivity index (χ3v) is 3.51. The summed E-state index contributed by atoms with van der Waals surface area (Å²) in [6, 6.07) is 6.41. The van der Waals surface area contributed by atoms with Gasteiger partial charge in [-0.3, -0.25) is 4.79 Å². The summed E-state index contributed by atoms with van der Waals surface area (Å²) in [5.74, 6) is -1.89. The maximum atomic E-state index is 13.1. The molecule has 3 aromatic rings. The normalized spacial score (nSPS) is 10.7. The monoisotopic (exact) mass is 378 g/mol. The molecule has 0 unspecified atom stereocenters. The summed E-state index contributed by atoms with van der Waals surface area (Å²) in [6.45, 7) is 0. The summed E-state index contributed by atoms with van der Waals surface area (Å²) >= 11 is 3.20. The molecule has 0 radical (unpaired) electrons. The van der Waals surface area contributed by atoms with Crippen LogP contribution >= 0.6 is 15.9 Å². The number of anilines is 1. The third-order valence-electron chi connectivity index (χ3n) is 3.04. The molecule has 1 amide bonds. The molecule has 0 aliphatic heterocycles. The van der Waals surface area contributed by atoms with Gasteiger partial charge in [0.05, 0.1) is 5.39 Å². The molecule has 3 rings (SSSR count). The zero-order valence-corrected chi connectivity index (χ0v) is 12.9. The Bertz CT molecular complexity index is 970. The van der Waals surface area contributed by atoms with Crippen molar-refractivity contribution in [3.63, 3.8) is 0 Å². The van der Waals surface area contributed by atoms with Gasteiger partial charge < -0.3 is 14.8 Å². The number of benzene rings is 1. The van der Waals surface area contributed by atoms with Crippen molar-refractivity contribution in [3.8, 4) is 5.75 Å². The molecule has 0 bridgehead atoms. The van der Waals surface area contributed by atoms with Gasteiger partial charge in [0.25, 0.3) is 5.91 Å². The van der Waals surface area contributed by atoms with Crippen LogP contribution in [0.4, 0.5) is 10.2 Å². The molecule has 0 aliphatic rings. The van der Waals surface area contributed by atoms with Gasteiger partial charge in [-0.1, -0.05) is 0 Å². The minimum atomic E-state index is -1.07. The highest BCUT2D eigenvalue weighted by molar-refractivity contribution is 9.10. The molecule has 0 spiro atoms. The van der Waals surface area contributed by atoms with Crippen LogP contribution in [-0.4, -0.2) is 16.0 Å². The standard InChI is InChI=1S/C15H8BrFN2O4/c16-7-1-4-11(18-6-7)19-14(21)12-13(20)9-3-2-8(17)5-10(9)23-15(12)22/h1-6,20H,(H,18,19,21). The summed E-state index contributed by atoms with van der Waals surface area (Å²) in [4.78, 5) is 28.0. The number of rotatable bonds is 2. The summed E-state index contributed by atoms with van der Waals surface area (Å²) in [5, 5.41) is 12.6. The lowest BCUT2D eigenvalue weighted by atomic mass is 10.1. The number of nitrogens with one attached hydrogen (secondary N) is 1. The first-order valence-corrected chi connectivity index (χ1v) is 7.13. The zero-order valence-electron chi connectivity index (χ0n) is 11.3. The zero-order chi connectivity index (χ0) is 16.6. The fourth-order valence-corrected chi connectivity index (χ4v) is 2.22. The van der Waals surface area contributed by atoms with Gasteiger partial charge in [-0.25, -0.2) is 14.2 Å². The summed E-state index contributed by atoms with van der Waals surface area (Å²) in [6.07, 6.45) is 1.46. The molecular weight excluding hydrogens is 371 g/mol. The van der Waals surface area contributed by atoms with Crippen LogP contribution < -0.4 is 10.9 Å². The van der Waals surface area contributed by atoms with E-state index in [0.717, 1.165) is 12.1 Å². The van der Waals surface area contributed by atoms with Crippen LogP contribution in [0.1, 0.15) is 10.4 Å². The van der Waals surface area contributed by atoms with Crippen molar-refractivity contribution in [3.05, 3.63) is 62.8 Å². The Morgan fingerprint density at radius 2 is 2.09 bits per heavy atom. The van der Waals surface area contributed by atoms with E-state index in [-0.39, 0.29) is 16.8 Å². The predicted octanol–water partition coefficient (Wildman–Crippen LogP) is 3.05. The van der Waals surface area contributed by atoms with Crippen molar-refractivity contribution in [2.24, 2.45) is 0 Å². The minimum absolute atomic E-state index is 0.0555. The first-order valence-electron chi connectivity index (χ1n) is 6.34. The van der Waals surface area contributed by atoms with Gasteiger partial charge in [0.2, 0.25) is 0 Å². The number of nitrogens with zero attached hydrogens (tertiary/aromatic N) is 1. The Morgan fingerprint density at radius 3 is 2.78 bits per heavy atom. The number of fused-ring (bicyclic) bond motifs is 1. The summed E-state index contributed by atoms with van der Waals surface area (Å²) in [5.41, 5.74) is -1.80.